The van der Waals surface area contributed by atoms with Crippen molar-refractivity contribution >= 4 is 16.7 Å². The fourth-order valence-electron chi connectivity index (χ4n) is 1.91. The van der Waals surface area contributed by atoms with E-state index in [0.29, 0.717) is 6.54 Å². The first-order valence-electron chi connectivity index (χ1n) is 6.51. The van der Waals surface area contributed by atoms with E-state index in [0.717, 1.165) is 10.9 Å². The summed E-state index contributed by atoms with van der Waals surface area (Å²) in [5.41, 5.74) is 3.79. The van der Waals surface area contributed by atoms with Crippen LogP contribution in [0.4, 0.5) is 0 Å². The van der Waals surface area contributed by atoms with Gasteiger partial charge >= 0.3 is 5.97 Å². The predicted molar refractivity (Wildman–Crippen MR) is 80.8 cm³/mol. The smallest absolute Gasteiger partial charge is 0.349 e. The summed E-state index contributed by atoms with van der Waals surface area (Å²) < 4.78 is 0. The second-order valence-electron chi connectivity index (χ2n) is 4.27. The molecule has 0 amide bonds. The van der Waals surface area contributed by atoms with Crippen LogP contribution in [0.15, 0.2) is 66.8 Å². The van der Waals surface area contributed by atoms with Gasteiger partial charge in [0.2, 0.25) is 0 Å². The monoisotopic (exact) mass is 267 g/mol. The molecule has 0 heterocycles. The zero-order valence-electron chi connectivity index (χ0n) is 11.4. The van der Waals surface area contributed by atoms with Crippen molar-refractivity contribution < 1.29 is 9.63 Å². The van der Waals surface area contributed by atoms with Crippen molar-refractivity contribution in [2.75, 3.05) is 0 Å². The number of nitrogens with one attached hydrogen (secondary N) is 1. The molecule has 0 atom stereocenters. The van der Waals surface area contributed by atoms with Gasteiger partial charge in [-0.25, -0.2) is 4.79 Å². The maximum absolute atomic E-state index is 11.4. The second kappa shape index (κ2) is 7.26. The van der Waals surface area contributed by atoms with Crippen LogP contribution in [0.3, 0.4) is 0 Å². The van der Waals surface area contributed by atoms with Gasteiger partial charge < -0.3 is 4.84 Å². The van der Waals surface area contributed by atoms with Crippen molar-refractivity contribution in [2.45, 2.75) is 13.5 Å². The van der Waals surface area contributed by atoms with Crippen molar-refractivity contribution in [2.24, 2.45) is 0 Å². The van der Waals surface area contributed by atoms with Crippen LogP contribution in [-0.4, -0.2) is 5.97 Å². The minimum absolute atomic E-state index is 0.414. The first-order valence-corrected chi connectivity index (χ1v) is 6.51. The summed E-state index contributed by atoms with van der Waals surface area (Å²) in [5.74, 6) is -0.414. The minimum Gasteiger partial charge on any atom is -0.367 e. The first-order chi connectivity index (χ1) is 9.81. The average Bonchev–Trinajstić information content (AvgIpc) is 2.48. The zero-order valence-corrected chi connectivity index (χ0v) is 11.4. The van der Waals surface area contributed by atoms with Gasteiger partial charge in [-0.2, -0.15) is 0 Å². The third-order valence-corrected chi connectivity index (χ3v) is 2.85. The quantitative estimate of drug-likeness (QED) is 0.512. The number of hydrogen-bond donors (Lipinski definition) is 1. The average molecular weight is 267 g/mol. The molecule has 0 aromatic heterocycles. The number of fused-ring (bicyclic) bond motifs is 1. The standard InChI is InChI=1S/C17H17NO2/c1-2-3-4-12-17(19)20-18-13-15-10-7-9-14-8-5-6-11-16(14)15/h2-12,18H,13H2,1H3/b3-2+,12-4+. The molecule has 1 N–H and O–H groups in total. The van der Waals surface area contributed by atoms with E-state index in [-0.39, 0.29) is 0 Å². The largest absolute Gasteiger partial charge is 0.367 e. The highest BCUT2D eigenvalue weighted by Gasteiger charge is 2.01. The number of benzene rings is 2. The van der Waals surface area contributed by atoms with Gasteiger partial charge in [-0.15, -0.1) is 5.48 Å². The highest BCUT2D eigenvalue weighted by atomic mass is 16.7. The van der Waals surface area contributed by atoms with Crippen LogP contribution in [-0.2, 0) is 16.2 Å². The van der Waals surface area contributed by atoms with E-state index in [1.54, 1.807) is 12.2 Å². The molecule has 0 bridgehead atoms. The Morgan fingerprint density at radius 2 is 1.95 bits per heavy atom. The Labute approximate surface area is 118 Å². The molecular weight excluding hydrogens is 250 g/mol. The molecule has 0 unspecified atom stereocenters. The van der Waals surface area contributed by atoms with E-state index in [1.165, 1.54) is 11.5 Å². The van der Waals surface area contributed by atoms with E-state index >= 15 is 0 Å². The maximum Gasteiger partial charge on any atom is 0.349 e. The SMILES string of the molecule is C/C=C/C=C/C(=O)ONCc1cccc2ccccc12. The van der Waals surface area contributed by atoms with E-state index in [2.05, 4.69) is 23.7 Å². The summed E-state index contributed by atoms with van der Waals surface area (Å²) in [5, 5.41) is 2.33. The predicted octanol–water partition coefficient (Wildman–Crippen LogP) is 3.52. The third-order valence-electron chi connectivity index (χ3n) is 2.85. The van der Waals surface area contributed by atoms with Gasteiger partial charge in [0, 0.05) is 6.08 Å². The van der Waals surface area contributed by atoms with Crippen molar-refractivity contribution in [3.05, 3.63) is 72.3 Å². The first kappa shape index (κ1) is 14.0. The normalized spacial score (nSPS) is 11.4. The van der Waals surface area contributed by atoms with Gasteiger partial charge in [0.05, 0.1) is 6.54 Å². The number of carbonyl (C=O) groups excluding carboxylic acids is 1. The van der Waals surface area contributed by atoms with Crippen LogP contribution in [0.1, 0.15) is 12.5 Å². The highest BCUT2D eigenvalue weighted by molar-refractivity contribution is 5.85. The zero-order chi connectivity index (χ0) is 14.2. The Balaban J connectivity index is 1.95. The third kappa shape index (κ3) is 3.80. The van der Waals surface area contributed by atoms with Crippen molar-refractivity contribution in [1.82, 2.24) is 5.48 Å². The Morgan fingerprint density at radius 1 is 1.15 bits per heavy atom. The summed E-state index contributed by atoms with van der Waals surface area (Å²) in [4.78, 5) is 16.3. The molecule has 0 spiro atoms. The number of carbonyl (C=O) groups is 1. The Hall–Kier alpha value is -2.39. The molecule has 0 radical (unpaired) electrons. The lowest BCUT2D eigenvalue weighted by molar-refractivity contribution is -0.145. The molecule has 102 valence electrons. The van der Waals surface area contributed by atoms with Crippen LogP contribution < -0.4 is 5.48 Å². The van der Waals surface area contributed by atoms with Gasteiger partial charge in [0.25, 0.3) is 0 Å². The van der Waals surface area contributed by atoms with Crippen molar-refractivity contribution in [3.8, 4) is 0 Å². The minimum atomic E-state index is -0.414. The van der Waals surface area contributed by atoms with Gasteiger partial charge in [-0.3, -0.25) is 0 Å². The molecule has 20 heavy (non-hydrogen) atoms. The molecular formula is C17H17NO2. The molecule has 2 rings (SSSR count). The van der Waals surface area contributed by atoms with E-state index in [4.69, 9.17) is 4.84 Å². The van der Waals surface area contributed by atoms with E-state index < -0.39 is 5.97 Å². The Bertz CT molecular complexity index is 639. The maximum atomic E-state index is 11.4. The molecule has 0 aliphatic carbocycles. The molecule has 0 saturated carbocycles. The van der Waals surface area contributed by atoms with Crippen molar-refractivity contribution in [1.29, 1.82) is 0 Å². The summed E-state index contributed by atoms with van der Waals surface area (Å²) >= 11 is 0. The van der Waals surface area contributed by atoms with Gasteiger partial charge in [-0.1, -0.05) is 60.7 Å². The summed E-state index contributed by atoms with van der Waals surface area (Å²) in [6, 6.07) is 14.2. The molecule has 3 nitrogen and oxygen atoms in total. The highest BCUT2D eigenvalue weighted by Crippen LogP contribution is 2.18. The molecule has 3 heteroatoms. The number of rotatable bonds is 5. The summed E-state index contributed by atoms with van der Waals surface area (Å²) in [7, 11) is 0. The lowest BCUT2D eigenvalue weighted by Crippen LogP contribution is -2.18. The van der Waals surface area contributed by atoms with Gasteiger partial charge in [0.15, 0.2) is 0 Å². The van der Waals surface area contributed by atoms with Crippen LogP contribution in [0, 0.1) is 0 Å². The van der Waals surface area contributed by atoms with Gasteiger partial charge in [-0.05, 0) is 23.3 Å². The molecule has 0 aliphatic rings. The molecule has 0 fully saturated rings. The van der Waals surface area contributed by atoms with E-state index in [9.17, 15) is 4.79 Å². The van der Waals surface area contributed by atoms with Crippen LogP contribution in [0.25, 0.3) is 10.8 Å². The van der Waals surface area contributed by atoms with Crippen LogP contribution in [0.5, 0.6) is 0 Å². The molecule has 2 aromatic rings. The lowest BCUT2D eigenvalue weighted by Gasteiger charge is -2.07. The fraction of sp³-hybridized carbons (Fsp3) is 0.118. The summed E-state index contributed by atoms with van der Waals surface area (Å²) in [6.07, 6.45) is 6.62. The van der Waals surface area contributed by atoms with Crippen LogP contribution >= 0.6 is 0 Å². The van der Waals surface area contributed by atoms with Gasteiger partial charge in [0.1, 0.15) is 0 Å². The molecule has 0 aliphatic heterocycles. The molecule has 2 aromatic carbocycles. The fourth-order valence-corrected chi connectivity index (χ4v) is 1.91. The Morgan fingerprint density at radius 3 is 2.80 bits per heavy atom. The van der Waals surface area contributed by atoms with Crippen LogP contribution in [0.2, 0.25) is 0 Å². The van der Waals surface area contributed by atoms with Crippen molar-refractivity contribution in [3.63, 3.8) is 0 Å². The second-order valence-corrected chi connectivity index (χ2v) is 4.27. The number of hydroxylamine groups is 1. The summed E-state index contributed by atoms with van der Waals surface area (Å²) in [6.45, 7) is 2.36. The molecule has 0 saturated heterocycles. The lowest BCUT2D eigenvalue weighted by atomic mass is 10.1. The number of hydrogen-bond acceptors (Lipinski definition) is 3. The Kier molecular flexibility index (Phi) is 5.09. The number of allylic oxidation sites excluding steroid dienone is 3. The topological polar surface area (TPSA) is 38.3 Å². The van der Waals surface area contributed by atoms with E-state index in [1.807, 2.05) is 37.3 Å².